The lowest BCUT2D eigenvalue weighted by Crippen LogP contribution is -2.13. The van der Waals surface area contributed by atoms with Crippen LogP contribution in [0.4, 0.5) is 8.78 Å². The fourth-order valence-electron chi connectivity index (χ4n) is 1.93. The molecule has 2 rings (SSSR count). The Morgan fingerprint density at radius 1 is 0.955 bits per heavy atom. The van der Waals surface area contributed by atoms with Crippen molar-refractivity contribution < 1.29 is 17.2 Å². The van der Waals surface area contributed by atoms with E-state index in [9.17, 15) is 17.2 Å². The van der Waals surface area contributed by atoms with Gasteiger partial charge in [0.2, 0.25) is 9.84 Å². The number of hydrogen-bond acceptors (Lipinski definition) is 3. The van der Waals surface area contributed by atoms with Crippen LogP contribution >= 0.6 is 12.4 Å². The van der Waals surface area contributed by atoms with E-state index in [1.165, 1.54) is 24.3 Å². The van der Waals surface area contributed by atoms with Crippen molar-refractivity contribution in [1.29, 1.82) is 0 Å². The van der Waals surface area contributed by atoms with Crippen molar-refractivity contribution in [2.24, 2.45) is 0 Å². The van der Waals surface area contributed by atoms with E-state index in [1.807, 2.05) is 0 Å². The molecule has 0 aliphatic rings. The van der Waals surface area contributed by atoms with Gasteiger partial charge in [-0.15, -0.1) is 12.4 Å². The summed E-state index contributed by atoms with van der Waals surface area (Å²) in [5.41, 5.74) is 0.295. The zero-order chi connectivity index (χ0) is 15.6. The molecule has 0 aromatic heterocycles. The number of rotatable bonds is 4. The molecule has 120 valence electrons. The fourth-order valence-corrected chi connectivity index (χ4v) is 3.24. The van der Waals surface area contributed by atoms with Crippen LogP contribution in [0.15, 0.2) is 52.3 Å². The highest BCUT2D eigenvalue weighted by Gasteiger charge is 2.19. The molecule has 0 saturated carbocycles. The molecule has 0 atom stereocenters. The highest BCUT2D eigenvalue weighted by Crippen LogP contribution is 2.23. The summed E-state index contributed by atoms with van der Waals surface area (Å²) in [5.74, 6) is -0.969. The average molecular weight is 348 g/mol. The third-order valence-electron chi connectivity index (χ3n) is 2.94. The number of hydrogen-bond donors (Lipinski definition) is 0. The maximum atomic E-state index is 13.7. The summed E-state index contributed by atoms with van der Waals surface area (Å²) in [6, 6.07) is 8.21. The summed E-state index contributed by atoms with van der Waals surface area (Å²) in [6.45, 7) is 0.290. The summed E-state index contributed by atoms with van der Waals surface area (Å²) < 4.78 is 51.5. The second kappa shape index (κ2) is 7.17. The van der Waals surface area contributed by atoms with Crippen molar-refractivity contribution in [3.8, 4) is 0 Å². The van der Waals surface area contributed by atoms with Crippen molar-refractivity contribution in [2.45, 2.75) is 16.3 Å². The normalized spacial score (nSPS) is 11.3. The topological polar surface area (TPSA) is 37.4 Å². The van der Waals surface area contributed by atoms with Crippen LogP contribution in [0.1, 0.15) is 5.56 Å². The molecule has 0 bridgehead atoms. The Kier molecular flexibility index (Phi) is 6.05. The second-order valence-corrected chi connectivity index (χ2v) is 6.90. The van der Waals surface area contributed by atoms with Gasteiger partial charge in [0.05, 0.1) is 9.79 Å². The molecule has 0 amide bonds. The Balaban J connectivity index is 0.00000242. The van der Waals surface area contributed by atoms with Gasteiger partial charge in [0.15, 0.2) is 0 Å². The Hall–Kier alpha value is -1.50. The Morgan fingerprint density at radius 3 is 2.05 bits per heavy atom. The largest absolute Gasteiger partial charge is 0.305 e. The molecule has 0 aliphatic heterocycles. The third kappa shape index (κ3) is 4.03. The first-order valence-electron chi connectivity index (χ1n) is 6.24. The Labute approximate surface area is 134 Å². The molecule has 0 heterocycles. The van der Waals surface area contributed by atoms with Crippen LogP contribution in [0.25, 0.3) is 0 Å². The van der Waals surface area contributed by atoms with Gasteiger partial charge in [0.25, 0.3) is 0 Å². The monoisotopic (exact) mass is 347 g/mol. The van der Waals surface area contributed by atoms with Gasteiger partial charge in [-0.25, -0.2) is 17.2 Å². The summed E-state index contributed by atoms with van der Waals surface area (Å²) in [7, 11) is -0.254. The van der Waals surface area contributed by atoms with Gasteiger partial charge >= 0.3 is 0 Å². The molecule has 2 aromatic carbocycles. The smallest absolute Gasteiger partial charge is 0.206 e. The molecule has 0 aliphatic carbocycles. The first-order valence-corrected chi connectivity index (χ1v) is 7.73. The van der Waals surface area contributed by atoms with Crippen molar-refractivity contribution in [2.75, 3.05) is 14.1 Å². The number of nitrogens with zero attached hydrogens (tertiary/aromatic N) is 1. The summed E-state index contributed by atoms with van der Waals surface area (Å²) in [4.78, 5) is 1.71. The average Bonchev–Trinajstić information content (AvgIpc) is 2.41. The van der Waals surface area contributed by atoms with Gasteiger partial charge in [-0.3, -0.25) is 0 Å². The quantitative estimate of drug-likeness (QED) is 0.796. The highest BCUT2D eigenvalue weighted by molar-refractivity contribution is 7.91. The third-order valence-corrected chi connectivity index (χ3v) is 4.71. The first-order chi connectivity index (χ1) is 9.80. The Morgan fingerprint density at radius 2 is 1.50 bits per heavy atom. The van der Waals surface area contributed by atoms with E-state index in [-0.39, 0.29) is 22.2 Å². The lowest BCUT2D eigenvalue weighted by molar-refractivity contribution is 0.392. The number of benzene rings is 2. The first kappa shape index (κ1) is 18.5. The van der Waals surface area contributed by atoms with Gasteiger partial charge < -0.3 is 4.90 Å². The van der Waals surface area contributed by atoms with Crippen molar-refractivity contribution >= 4 is 22.2 Å². The zero-order valence-electron chi connectivity index (χ0n) is 12.1. The van der Waals surface area contributed by atoms with E-state index in [4.69, 9.17) is 0 Å². The van der Waals surface area contributed by atoms with Gasteiger partial charge in [-0.1, -0.05) is 0 Å². The number of halogens is 3. The van der Waals surface area contributed by atoms with Crippen LogP contribution in [0, 0.1) is 11.6 Å². The van der Waals surface area contributed by atoms with Crippen LogP contribution < -0.4 is 0 Å². The maximum Gasteiger partial charge on any atom is 0.206 e. The molecule has 2 aromatic rings. The van der Waals surface area contributed by atoms with E-state index in [0.29, 0.717) is 12.1 Å². The predicted molar refractivity (Wildman–Crippen MR) is 82.9 cm³/mol. The molecule has 0 saturated heterocycles. The van der Waals surface area contributed by atoms with E-state index in [0.717, 1.165) is 18.2 Å². The summed E-state index contributed by atoms with van der Waals surface area (Å²) in [6.07, 6.45) is 0. The predicted octanol–water partition coefficient (Wildman–Crippen LogP) is 3.28. The lowest BCUT2D eigenvalue weighted by atomic mass is 10.2. The maximum absolute atomic E-state index is 13.7. The number of sulfone groups is 1. The minimum absolute atomic E-state index is 0. The van der Waals surface area contributed by atoms with Crippen LogP contribution in [0.2, 0.25) is 0 Å². The van der Waals surface area contributed by atoms with Crippen LogP contribution in [0.3, 0.4) is 0 Å². The molecule has 7 heteroatoms. The molecule has 0 radical (unpaired) electrons. The van der Waals surface area contributed by atoms with E-state index < -0.39 is 21.5 Å². The molecule has 3 nitrogen and oxygen atoms in total. The lowest BCUT2D eigenvalue weighted by Gasteiger charge is -2.12. The zero-order valence-corrected chi connectivity index (χ0v) is 13.7. The van der Waals surface area contributed by atoms with Gasteiger partial charge in [0, 0.05) is 12.1 Å². The van der Waals surface area contributed by atoms with E-state index in [2.05, 4.69) is 0 Å². The van der Waals surface area contributed by atoms with Crippen molar-refractivity contribution in [1.82, 2.24) is 4.90 Å². The van der Waals surface area contributed by atoms with Gasteiger partial charge in [-0.2, -0.15) is 0 Å². The fraction of sp³-hybridized carbons (Fsp3) is 0.200. The van der Waals surface area contributed by atoms with Crippen molar-refractivity contribution in [3.63, 3.8) is 0 Å². The second-order valence-electron chi connectivity index (χ2n) is 4.95. The molecule has 0 unspecified atom stereocenters. The molecule has 0 fully saturated rings. The summed E-state index contributed by atoms with van der Waals surface area (Å²) >= 11 is 0. The molecule has 0 spiro atoms. The van der Waals surface area contributed by atoms with E-state index in [1.54, 1.807) is 19.0 Å². The molecular weight excluding hydrogens is 332 g/mol. The summed E-state index contributed by atoms with van der Waals surface area (Å²) in [5, 5.41) is 0. The van der Waals surface area contributed by atoms with Crippen LogP contribution in [0.5, 0.6) is 0 Å². The minimum Gasteiger partial charge on any atom is -0.305 e. The van der Waals surface area contributed by atoms with Gasteiger partial charge in [0.1, 0.15) is 11.6 Å². The Bertz CT molecular complexity index is 747. The standard InChI is InChI=1S/C15H15F2NO2S.ClH/c1-18(2)10-11-9-14(7-8-15(11)17)21(19,20)13-5-3-12(16)4-6-13;/h3-9H,10H2,1-2H3;1H. The molecule has 0 N–H and O–H groups in total. The van der Waals surface area contributed by atoms with E-state index >= 15 is 0 Å². The molecular formula is C15H16ClF2NO2S. The molecule has 22 heavy (non-hydrogen) atoms. The van der Waals surface area contributed by atoms with Crippen molar-refractivity contribution in [3.05, 3.63) is 59.7 Å². The van der Waals surface area contributed by atoms with Crippen LogP contribution in [-0.2, 0) is 16.4 Å². The minimum atomic E-state index is -3.78. The highest BCUT2D eigenvalue weighted by atomic mass is 35.5. The van der Waals surface area contributed by atoms with Crippen LogP contribution in [-0.4, -0.2) is 27.4 Å². The van der Waals surface area contributed by atoms with Gasteiger partial charge in [-0.05, 0) is 56.6 Å². The SMILES string of the molecule is CN(C)Cc1cc(S(=O)(=O)c2ccc(F)cc2)ccc1F.Cl.